The monoisotopic (exact) mass is 366 g/mol. The van der Waals surface area contributed by atoms with Crippen molar-refractivity contribution in [1.29, 1.82) is 0 Å². The third-order valence-corrected chi connectivity index (χ3v) is 4.52. The lowest BCUT2D eigenvalue weighted by Crippen LogP contribution is -2.20. The molecule has 1 amide bonds. The zero-order chi connectivity index (χ0) is 18.2. The van der Waals surface area contributed by atoms with Crippen molar-refractivity contribution in [2.45, 2.75) is 20.0 Å². The summed E-state index contributed by atoms with van der Waals surface area (Å²) < 4.78 is 41.3. The maximum absolute atomic E-state index is 13.5. The Bertz CT molecular complexity index is 896. The number of alkyl halides is 3. The fourth-order valence-electron chi connectivity index (χ4n) is 2.24. The van der Waals surface area contributed by atoms with Gasteiger partial charge in [0.2, 0.25) is 0 Å². The Labute approximate surface area is 145 Å². The molecule has 25 heavy (non-hydrogen) atoms. The van der Waals surface area contributed by atoms with Crippen LogP contribution in [0.5, 0.6) is 0 Å². The Kier molecular flexibility index (Phi) is 4.34. The zero-order valence-electron chi connectivity index (χ0n) is 13.3. The van der Waals surface area contributed by atoms with Crippen molar-refractivity contribution in [2.75, 3.05) is 5.32 Å². The number of carbonyl (C=O) groups excluding carboxylic acids is 1. The first-order valence-corrected chi connectivity index (χ1v) is 8.05. The first-order valence-electron chi connectivity index (χ1n) is 7.23. The first kappa shape index (κ1) is 17.2. The molecule has 0 saturated heterocycles. The highest BCUT2D eigenvalue weighted by Crippen LogP contribution is 2.34. The zero-order valence-corrected chi connectivity index (χ0v) is 14.1. The second-order valence-electron chi connectivity index (χ2n) is 5.27. The third-order valence-electron chi connectivity index (χ3n) is 3.53. The molecule has 0 saturated carbocycles. The van der Waals surface area contributed by atoms with Crippen molar-refractivity contribution in [3.05, 3.63) is 58.4 Å². The van der Waals surface area contributed by atoms with Gasteiger partial charge in [0.25, 0.3) is 5.91 Å². The van der Waals surface area contributed by atoms with Crippen LogP contribution in [0.25, 0.3) is 5.69 Å². The summed E-state index contributed by atoms with van der Waals surface area (Å²) in [6.45, 7) is 3.58. The van der Waals surface area contributed by atoms with E-state index in [1.165, 1.54) is 23.5 Å². The van der Waals surface area contributed by atoms with Crippen LogP contribution in [-0.4, -0.2) is 20.7 Å². The van der Waals surface area contributed by atoms with Crippen LogP contribution in [0.3, 0.4) is 0 Å². The molecule has 0 radical (unpaired) electrons. The van der Waals surface area contributed by atoms with Crippen LogP contribution in [-0.2, 0) is 6.18 Å². The van der Waals surface area contributed by atoms with E-state index >= 15 is 0 Å². The van der Waals surface area contributed by atoms with E-state index in [-0.39, 0.29) is 10.8 Å². The normalized spacial score (nSPS) is 11.6. The van der Waals surface area contributed by atoms with E-state index in [4.69, 9.17) is 0 Å². The minimum absolute atomic E-state index is 0.217. The molecular weight excluding hydrogens is 353 g/mol. The molecule has 1 N–H and O–H groups in total. The van der Waals surface area contributed by atoms with Crippen molar-refractivity contribution in [3.63, 3.8) is 0 Å². The van der Waals surface area contributed by atoms with E-state index in [2.05, 4.69) is 15.4 Å². The second kappa shape index (κ2) is 6.32. The van der Waals surface area contributed by atoms with Gasteiger partial charge in [-0.15, -0.1) is 11.3 Å². The number of benzene rings is 1. The third kappa shape index (κ3) is 3.41. The van der Waals surface area contributed by atoms with Crippen LogP contribution in [0.2, 0.25) is 0 Å². The molecule has 1 aromatic carbocycles. The van der Waals surface area contributed by atoms with Crippen molar-refractivity contribution in [1.82, 2.24) is 14.8 Å². The summed E-state index contributed by atoms with van der Waals surface area (Å²) >= 11 is 1.20. The molecule has 5 nitrogen and oxygen atoms in total. The van der Waals surface area contributed by atoms with Crippen molar-refractivity contribution in [2.24, 2.45) is 0 Å². The fourth-order valence-corrected chi connectivity index (χ4v) is 3.05. The molecule has 0 aliphatic carbocycles. The molecule has 3 aromatic rings. The maximum Gasteiger partial charge on any atom is 0.434 e. The van der Waals surface area contributed by atoms with E-state index < -0.39 is 23.3 Å². The van der Waals surface area contributed by atoms with Crippen molar-refractivity contribution in [3.8, 4) is 5.69 Å². The van der Waals surface area contributed by atoms with Crippen molar-refractivity contribution >= 4 is 22.4 Å². The summed E-state index contributed by atoms with van der Waals surface area (Å²) in [6.07, 6.45) is -3.83. The number of aryl methyl sites for hydroxylation is 2. The quantitative estimate of drug-likeness (QED) is 0.755. The molecule has 3 rings (SSSR count). The van der Waals surface area contributed by atoms with Gasteiger partial charge < -0.3 is 0 Å². The Balaban J connectivity index is 2.01. The number of amides is 1. The van der Waals surface area contributed by atoms with Gasteiger partial charge in [0.1, 0.15) is 0 Å². The predicted molar refractivity (Wildman–Crippen MR) is 88.1 cm³/mol. The summed E-state index contributed by atoms with van der Waals surface area (Å²) in [7, 11) is 0. The van der Waals surface area contributed by atoms with Crippen molar-refractivity contribution < 1.29 is 18.0 Å². The Morgan fingerprint density at radius 3 is 2.44 bits per heavy atom. The number of hydrogen-bond donors (Lipinski definition) is 1. The Morgan fingerprint density at radius 2 is 1.88 bits per heavy atom. The van der Waals surface area contributed by atoms with Gasteiger partial charge in [0.05, 0.1) is 23.1 Å². The molecule has 0 bridgehead atoms. The van der Waals surface area contributed by atoms with Gasteiger partial charge in [-0.3, -0.25) is 10.1 Å². The lowest BCUT2D eigenvalue weighted by Gasteiger charge is -2.12. The van der Waals surface area contributed by atoms with Gasteiger partial charge in [-0.2, -0.15) is 18.3 Å². The van der Waals surface area contributed by atoms with E-state index in [1.807, 2.05) is 6.92 Å². The molecule has 0 atom stereocenters. The molecule has 0 unspecified atom stereocenters. The molecule has 130 valence electrons. The van der Waals surface area contributed by atoms with Gasteiger partial charge in [0, 0.05) is 4.88 Å². The van der Waals surface area contributed by atoms with E-state index in [0.29, 0.717) is 4.68 Å². The van der Waals surface area contributed by atoms with Crippen LogP contribution in [0, 0.1) is 13.8 Å². The van der Waals surface area contributed by atoms with Gasteiger partial charge in [0.15, 0.2) is 10.8 Å². The number of rotatable bonds is 3. The van der Waals surface area contributed by atoms with Crippen LogP contribution in [0.4, 0.5) is 18.3 Å². The first-order chi connectivity index (χ1) is 11.8. The van der Waals surface area contributed by atoms with E-state index in [1.54, 1.807) is 25.1 Å². The Hall–Kier alpha value is -2.68. The SMILES string of the molecule is Cc1nc(NC(=O)c2cnn(-c3ccccc3)c2C(F)(F)F)sc1C. The number of nitrogens with zero attached hydrogens (tertiary/aromatic N) is 3. The lowest BCUT2D eigenvalue weighted by molar-refractivity contribution is -0.143. The number of thiazole rings is 1. The van der Waals surface area contributed by atoms with Crippen LogP contribution in [0.1, 0.15) is 26.6 Å². The highest BCUT2D eigenvalue weighted by molar-refractivity contribution is 7.15. The summed E-state index contributed by atoms with van der Waals surface area (Å²) in [5, 5.41) is 6.42. The van der Waals surface area contributed by atoms with Crippen LogP contribution < -0.4 is 5.32 Å². The summed E-state index contributed by atoms with van der Waals surface area (Å²) in [5.41, 5.74) is -0.741. The highest BCUT2D eigenvalue weighted by Gasteiger charge is 2.40. The number of anilines is 1. The van der Waals surface area contributed by atoms with Gasteiger partial charge in [-0.1, -0.05) is 18.2 Å². The number of carbonyl (C=O) groups is 1. The average molecular weight is 366 g/mol. The van der Waals surface area contributed by atoms with Crippen LogP contribution in [0.15, 0.2) is 36.5 Å². The second-order valence-corrected chi connectivity index (χ2v) is 6.47. The molecular formula is C16H13F3N4OS. The summed E-state index contributed by atoms with van der Waals surface area (Å²) in [5.74, 6) is -0.900. The molecule has 0 aliphatic rings. The van der Waals surface area contributed by atoms with Gasteiger partial charge >= 0.3 is 6.18 Å². The van der Waals surface area contributed by atoms with E-state index in [9.17, 15) is 18.0 Å². The van der Waals surface area contributed by atoms with Gasteiger partial charge in [-0.05, 0) is 26.0 Å². The molecule has 0 aliphatic heterocycles. The highest BCUT2D eigenvalue weighted by atomic mass is 32.1. The molecule has 9 heteroatoms. The molecule has 2 heterocycles. The smallest absolute Gasteiger partial charge is 0.298 e. The average Bonchev–Trinajstić information content (AvgIpc) is 3.12. The van der Waals surface area contributed by atoms with Gasteiger partial charge in [-0.25, -0.2) is 9.67 Å². The number of halogens is 3. The topological polar surface area (TPSA) is 59.8 Å². The molecule has 0 spiro atoms. The minimum Gasteiger partial charge on any atom is -0.298 e. The predicted octanol–water partition coefficient (Wildman–Crippen LogP) is 4.22. The molecule has 0 fully saturated rings. The lowest BCUT2D eigenvalue weighted by atomic mass is 10.2. The standard InChI is InChI=1S/C16H13F3N4OS/c1-9-10(2)25-15(21-9)22-14(24)12-8-20-23(13(12)16(17,18)19)11-6-4-3-5-7-11/h3-8H,1-2H3,(H,21,22,24). The summed E-state index contributed by atoms with van der Waals surface area (Å²) in [6, 6.07) is 7.84. The number of hydrogen-bond acceptors (Lipinski definition) is 4. The molecule has 2 aromatic heterocycles. The largest absolute Gasteiger partial charge is 0.434 e. The number of nitrogens with one attached hydrogen (secondary N) is 1. The van der Waals surface area contributed by atoms with E-state index in [0.717, 1.165) is 16.8 Å². The minimum atomic E-state index is -4.74. The maximum atomic E-state index is 13.5. The number of aromatic nitrogens is 3. The fraction of sp³-hybridized carbons (Fsp3) is 0.188. The summed E-state index contributed by atoms with van der Waals surface area (Å²) in [4.78, 5) is 17.3. The van der Waals surface area contributed by atoms with Crippen LogP contribution >= 0.6 is 11.3 Å². The number of para-hydroxylation sites is 1. The Morgan fingerprint density at radius 1 is 1.20 bits per heavy atom.